The molecule has 0 aliphatic carbocycles. The van der Waals surface area contributed by atoms with Gasteiger partial charge in [0.2, 0.25) is 11.8 Å². The Balaban J connectivity index is 1.89. The maximum Gasteiger partial charge on any atom is 0.246 e. The van der Waals surface area contributed by atoms with Crippen molar-refractivity contribution >= 4 is 11.8 Å². The third-order valence-corrected chi connectivity index (χ3v) is 4.08. The number of likely N-dealkylation sites (N-methyl/N-ethyl adjacent to an activating group) is 1. The summed E-state index contributed by atoms with van der Waals surface area (Å²) < 4.78 is 0. The van der Waals surface area contributed by atoms with Crippen molar-refractivity contribution in [2.24, 2.45) is 0 Å². The number of hydrogen-bond acceptors (Lipinski definition) is 4. The molecule has 5 nitrogen and oxygen atoms in total. The SMILES string of the molecule is CCCN1C(=O)CC(NC2CCCN(CC)C2)C1=O. The molecule has 0 saturated carbocycles. The van der Waals surface area contributed by atoms with Crippen LogP contribution in [0.4, 0.5) is 0 Å². The van der Waals surface area contributed by atoms with Gasteiger partial charge < -0.3 is 10.2 Å². The molecule has 0 spiro atoms. The fourth-order valence-corrected chi connectivity index (χ4v) is 3.04. The highest BCUT2D eigenvalue weighted by Crippen LogP contribution is 2.17. The minimum atomic E-state index is -0.291. The van der Waals surface area contributed by atoms with Crippen LogP contribution in [-0.4, -0.2) is 59.9 Å². The lowest BCUT2D eigenvalue weighted by atomic mass is 10.0. The number of imide groups is 1. The molecule has 2 fully saturated rings. The van der Waals surface area contributed by atoms with Gasteiger partial charge in [-0.2, -0.15) is 0 Å². The van der Waals surface area contributed by atoms with Gasteiger partial charge in [0.25, 0.3) is 0 Å². The van der Waals surface area contributed by atoms with Gasteiger partial charge in [-0.1, -0.05) is 13.8 Å². The summed E-state index contributed by atoms with van der Waals surface area (Å²) in [6, 6.07) is 0.0536. The Kier molecular flexibility index (Phi) is 4.93. The Morgan fingerprint density at radius 3 is 2.79 bits per heavy atom. The first-order chi connectivity index (χ1) is 9.15. The van der Waals surface area contributed by atoms with E-state index in [1.807, 2.05) is 6.92 Å². The van der Waals surface area contributed by atoms with Crippen molar-refractivity contribution in [2.75, 3.05) is 26.2 Å². The van der Waals surface area contributed by atoms with E-state index in [0.717, 1.165) is 32.5 Å². The van der Waals surface area contributed by atoms with Gasteiger partial charge >= 0.3 is 0 Å². The molecule has 2 rings (SSSR count). The first-order valence-corrected chi connectivity index (χ1v) is 7.48. The first kappa shape index (κ1) is 14.5. The van der Waals surface area contributed by atoms with E-state index in [-0.39, 0.29) is 17.9 Å². The number of carbonyl (C=O) groups is 2. The van der Waals surface area contributed by atoms with Gasteiger partial charge in [-0.3, -0.25) is 14.5 Å². The molecule has 19 heavy (non-hydrogen) atoms. The Morgan fingerprint density at radius 1 is 1.32 bits per heavy atom. The zero-order chi connectivity index (χ0) is 13.8. The summed E-state index contributed by atoms with van der Waals surface area (Å²) in [6.07, 6.45) is 3.43. The summed E-state index contributed by atoms with van der Waals surface area (Å²) in [5, 5.41) is 3.40. The summed E-state index contributed by atoms with van der Waals surface area (Å²) in [5.41, 5.74) is 0. The highest BCUT2D eigenvalue weighted by atomic mass is 16.2. The van der Waals surface area contributed by atoms with E-state index in [2.05, 4.69) is 17.1 Å². The van der Waals surface area contributed by atoms with Gasteiger partial charge in [0.05, 0.1) is 12.5 Å². The van der Waals surface area contributed by atoms with E-state index in [1.54, 1.807) is 0 Å². The fourth-order valence-electron chi connectivity index (χ4n) is 3.04. The van der Waals surface area contributed by atoms with E-state index >= 15 is 0 Å². The molecule has 1 N–H and O–H groups in total. The van der Waals surface area contributed by atoms with Gasteiger partial charge in [-0.05, 0) is 32.4 Å². The molecule has 108 valence electrons. The molecule has 2 amide bonds. The molecular weight excluding hydrogens is 242 g/mol. The van der Waals surface area contributed by atoms with Crippen LogP contribution < -0.4 is 5.32 Å². The molecule has 0 aromatic rings. The van der Waals surface area contributed by atoms with Gasteiger partial charge in [-0.15, -0.1) is 0 Å². The molecule has 2 unspecified atom stereocenters. The molecule has 0 bridgehead atoms. The summed E-state index contributed by atoms with van der Waals surface area (Å²) in [4.78, 5) is 27.8. The molecule has 0 aromatic heterocycles. The normalized spacial score (nSPS) is 29.3. The van der Waals surface area contributed by atoms with Crippen molar-refractivity contribution < 1.29 is 9.59 Å². The topological polar surface area (TPSA) is 52.7 Å². The van der Waals surface area contributed by atoms with Crippen LogP contribution in [0.15, 0.2) is 0 Å². The number of nitrogens with zero attached hydrogens (tertiary/aromatic N) is 2. The highest BCUT2D eigenvalue weighted by Gasteiger charge is 2.39. The predicted octanol–water partition coefficient (Wildman–Crippen LogP) is 0.598. The number of rotatable bonds is 5. The molecule has 2 aliphatic rings. The average molecular weight is 267 g/mol. The average Bonchev–Trinajstić information content (AvgIpc) is 2.67. The van der Waals surface area contributed by atoms with Crippen LogP contribution >= 0.6 is 0 Å². The molecule has 2 atom stereocenters. The first-order valence-electron chi connectivity index (χ1n) is 7.48. The van der Waals surface area contributed by atoms with Gasteiger partial charge in [0.15, 0.2) is 0 Å². The number of carbonyl (C=O) groups excluding carboxylic acids is 2. The van der Waals surface area contributed by atoms with Crippen LogP contribution in [0.25, 0.3) is 0 Å². The maximum atomic E-state index is 12.2. The predicted molar refractivity (Wildman–Crippen MR) is 73.7 cm³/mol. The summed E-state index contributed by atoms with van der Waals surface area (Å²) in [5.74, 6) is -0.0482. The van der Waals surface area contributed by atoms with Gasteiger partial charge in [0, 0.05) is 19.1 Å². The van der Waals surface area contributed by atoms with Crippen molar-refractivity contribution in [3.05, 3.63) is 0 Å². The van der Waals surface area contributed by atoms with E-state index in [4.69, 9.17) is 0 Å². The summed E-state index contributed by atoms with van der Waals surface area (Å²) in [6.45, 7) is 7.90. The van der Waals surface area contributed by atoms with Crippen molar-refractivity contribution in [3.63, 3.8) is 0 Å². The lowest BCUT2D eigenvalue weighted by Crippen LogP contribution is -2.51. The van der Waals surface area contributed by atoms with Gasteiger partial charge in [0.1, 0.15) is 0 Å². The second-order valence-corrected chi connectivity index (χ2v) is 5.54. The zero-order valence-electron chi connectivity index (χ0n) is 12.0. The molecule has 2 saturated heterocycles. The van der Waals surface area contributed by atoms with Crippen LogP contribution in [0.1, 0.15) is 39.5 Å². The largest absolute Gasteiger partial charge is 0.302 e. The molecule has 2 aliphatic heterocycles. The van der Waals surface area contributed by atoms with E-state index in [1.165, 1.54) is 11.3 Å². The standard InChI is InChI=1S/C14H25N3O2/c1-3-7-17-13(18)9-12(14(17)19)15-11-6-5-8-16(4-2)10-11/h11-12,15H,3-10H2,1-2H3. The Labute approximate surface area is 115 Å². The second-order valence-electron chi connectivity index (χ2n) is 5.54. The third kappa shape index (κ3) is 3.34. The maximum absolute atomic E-state index is 12.2. The summed E-state index contributed by atoms with van der Waals surface area (Å²) in [7, 11) is 0. The molecule has 2 heterocycles. The van der Waals surface area contributed by atoms with Crippen LogP contribution in [0.2, 0.25) is 0 Å². The van der Waals surface area contributed by atoms with Gasteiger partial charge in [-0.25, -0.2) is 0 Å². The highest BCUT2D eigenvalue weighted by molar-refractivity contribution is 6.05. The lowest BCUT2D eigenvalue weighted by Gasteiger charge is -2.33. The Morgan fingerprint density at radius 2 is 2.11 bits per heavy atom. The molecule has 5 heteroatoms. The number of likely N-dealkylation sites (tertiary alicyclic amines) is 2. The lowest BCUT2D eigenvalue weighted by molar-refractivity contribution is -0.138. The van der Waals surface area contributed by atoms with Crippen molar-refractivity contribution in [3.8, 4) is 0 Å². The number of piperidine rings is 1. The van der Waals surface area contributed by atoms with Crippen molar-refractivity contribution in [1.82, 2.24) is 15.1 Å². The van der Waals surface area contributed by atoms with Crippen molar-refractivity contribution in [2.45, 2.75) is 51.6 Å². The van der Waals surface area contributed by atoms with E-state index in [9.17, 15) is 9.59 Å². The number of hydrogen-bond donors (Lipinski definition) is 1. The smallest absolute Gasteiger partial charge is 0.246 e. The van der Waals surface area contributed by atoms with Crippen LogP contribution in [-0.2, 0) is 9.59 Å². The fraction of sp³-hybridized carbons (Fsp3) is 0.857. The second kappa shape index (κ2) is 6.48. The van der Waals surface area contributed by atoms with E-state index in [0.29, 0.717) is 19.0 Å². The summed E-state index contributed by atoms with van der Waals surface area (Å²) >= 11 is 0. The third-order valence-electron chi connectivity index (χ3n) is 4.08. The van der Waals surface area contributed by atoms with Crippen molar-refractivity contribution in [1.29, 1.82) is 0 Å². The molecular formula is C14H25N3O2. The molecule has 0 aromatic carbocycles. The van der Waals surface area contributed by atoms with E-state index < -0.39 is 0 Å². The molecule has 0 radical (unpaired) electrons. The minimum absolute atomic E-state index is 0.0208. The van der Waals surface area contributed by atoms with Crippen LogP contribution in [0, 0.1) is 0 Å². The zero-order valence-corrected chi connectivity index (χ0v) is 12.0. The Bertz CT molecular complexity index is 346. The monoisotopic (exact) mass is 267 g/mol. The minimum Gasteiger partial charge on any atom is -0.302 e. The quantitative estimate of drug-likeness (QED) is 0.741. The number of nitrogens with one attached hydrogen (secondary N) is 1. The Hall–Kier alpha value is -0.940. The number of amides is 2. The van der Waals surface area contributed by atoms with Crippen LogP contribution in [0.5, 0.6) is 0 Å². The van der Waals surface area contributed by atoms with Crippen LogP contribution in [0.3, 0.4) is 0 Å².